The van der Waals surface area contributed by atoms with Gasteiger partial charge in [0.25, 0.3) is 0 Å². The summed E-state index contributed by atoms with van der Waals surface area (Å²) in [7, 11) is 4.46. The smallest absolute Gasteiger partial charge is 0.0954 e. The second-order valence-corrected chi connectivity index (χ2v) is 7.54. The van der Waals surface area contributed by atoms with E-state index in [1.54, 1.807) is 0 Å². The first kappa shape index (κ1) is 26.0. The van der Waals surface area contributed by atoms with Crippen molar-refractivity contribution in [3.8, 4) is 0 Å². The lowest BCUT2D eigenvalue weighted by molar-refractivity contribution is -0.836. The van der Waals surface area contributed by atoms with Crippen LogP contribution in [-0.4, -0.2) is 25.1 Å². The molecule has 144 valence electrons. The van der Waals surface area contributed by atoms with E-state index in [2.05, 4.69) is 52.4 Å². The summed E-state index contributed by atoms with van der Waals surface area (Å²) in [6, 6.07) is 0. The molecule has 0 aromatic rings. The van der Waals surface area contributed by atoms with E-state index >= 15 is 0 Å². The second-order valence-electron chi connectivity index (χ2n) is 7.54. The summed E-state index contributed by atoms with van der Waals surface area (Å²) < 4.78 is 0.961. The Morgan fingerprint density at radius 2 is 1.08 bits per heavy atom. The summed E-state index contributed by atoms with van der Waals surface area (Å²) >= 11 is 0. The van der Waals surface area contributed by atoms with Gasteiger partial charge in [-0.1, -0.05) is 89.7 Å². The highest BCUT2D eigenvalue weighted by atomic mass is 35.5. The lowest BCUT2D eigenvalue weighted by Gasteiger charge is -2.22. The van der Waals surface area contributed by atoms with Crippen molar-refractivity contribution in [3.63, 3.8) is 0 Å². The maximum absolute atomic E-state index is 2.32. The van der Waals surface area contributed by atoms with Gasteiger partial charge in [-0.2, -0.15) is 0 Å². The molecular formula is C22H44ClN. The minimum absolute atomic E-state index is 0. The van der Waals surface area contributed by atoms with Crippen molar-refractivity contribution in [2.24, 2.45) is 0 Å². The molecule has 0 aliphatic rings. The highest BCUT2D eigenvalue weighted by Crippen LogP contribution is 2.12. The normalized spacial score (nSPS) is 12.2. The summed E-state index contributed by atoms with van der Waals surface area (Å²) in [6.07, 6.45) is 27.4. The summed E-state index contributed by atoms with van der Waals surface area (Å²) in [5.74, 6) is 0. The molecule has 0 amide bonds. The van der Waals surface area contributed by atoms with Gasteiger partial charge in [0.15, 0.2) is 0 Å². The highest BCUT2D eigenvalue weighted by molar-refractivity contribution is 4.99. The van der Waals surface area contributed by atoms with Gasteiger partial charge >= 0.3 is 0 Å². The van der Waals surface area contributed by atoms with E-state index in [9.17, 15) is 0 Å². The van der Waals surface area contributed by atoms with Gasteiger partial charge in [0.1, 0.15) is 0 Å². The van der Waals surface area contributed by atoms with Crippen LogP contribution >= 0.6 is 0 Å². The number of halogens is 1. The zero-order valence-corrected chi connectivity index (χ0v) is 17.8. The van der Waals surface area contributed by atoms with E-state index in [0.29, 0.717) is 0 Å². The maximum atomic E-state index is 2.32. The van der Waals surface area contributed by atoms with Crippen molar-refractivity contribution in [2.45, 2.75) is 97.3 Å². The molecule has 1 nitrogen and oxygen atoms in total. The van der Waals surface area contributed by atoms with Gasteiger partial charge < -0.3 is 16.9 Å². The van der Waals surface area contributed by atoms with Gasteiger partial charge in [0.2, 0.25) is 0 Å². The molecular weight excluding hydrogens is 314 g/mol. The van der Waals surface area contributed by atoms with Crippen molar-refractivity contribution < 1.29 is 16.9 Å². The van der Waals surface area contributed by atoms with Crippen LogP contribution in [0.25, 0.3) is 0 Å². The van der Waals surface area contributed by atoms with E-state index < -0.39 is 0 Å². The van der Waals surface area contributed by atoms with E-state index in [4.69, 9.17) is 0 Å². The van der Waals surface area contributed by atoms with Crippen LogP contribution in [0.1, 0.15) is 97.3 Å². The largest absolute Gasteiger partial charge is 1.00 e. The Labute approximate surface area is 159 Å². The molecule has 0 unspecified atom stereocenters. The lowest BCUT2D eigenvalue weighted by atomic mass is 10.0. The highest BCUT2D eigenvalue weighted by Gasteiger charge is 2.04. The number of rotatable bonds is 16. The first-order valence-electron chi connectivity index (χ1n) is 10.3. The van der Waals surface area contributed by atoms with E-state index in [0.717, 1.165) is 11.0 Å². The first-order valence-corrected chi connectivity index (χ1v) is 10.3. The van der Waals surface area contributed by atoms with Crippen LogP contribution in [-0.2, 0) is 0 Å². The van der Waals surface area contributed by atoms with E-state index in [1.807, 2.05) is 0 Å². The Morgan fingerprint density at radius 1 is 0.625 bits per heavy atom. The molecule has 24 heavy (non-hydrogen) atoms. The Morgan fingerprint density at radius 3 is 1.54 bits per heavy atom. The van der Waals surface area contributed by atoms with Crippen LogP contribution < -0.4 is 12.4 Å². The molecule has 0 aliphatic heterocycles. The molecule has 0 aromatic carbocycles. The third-order valence-corrected chi connectivity index (χ3v) is 4.78. The van der Waals surface area contributed by atoms with Gasteiger partial charge in [-0.05, 0) is 25.8 Å². The number of nitrogens with zero attached hydrogens (tertiary/aromatic N) is 1. The second kappa shape index (κ2) is 19.1. The van der Waals surface area contributed by atoms with Crippen LogP contribution in [0.5, 0.6) is 0 Å². The fraction of sp³-hybridized carbons (Fsp3) is 0.818. The first-order chi connectivity index (χ1) is 11.1. The van der Waals surface area contributed by atoms with Crippen LogP contribution in [0.2, 0.25) is 0 Å². The molecule has 0 N–H and O–H groups in total. The van der Waals surface area contributed by atoms with Gasteiger partial charge in [0.05, 0.1) is 26.8 Å². The minimum atomic E-state index is 0. The molecule has 0 bridgehead atoms. The zero-order chi connectivity index (χ0) is 17.2. The number of hydrogen-bond acceptors (Lipinski definition) is 0. The lowest BCUT2D eigenvalue weighted by Crippen LogP contribution is -3.00. The van der Waals surface area contributed by atoms with Crippen molar-refractivity contribution in [3.05, 3.63) is 24.4 Å². The predicted octanol–water partition coefficient (Wildman–Crippen LogP) is 4.25. The average Bonchev–Trinajstić information content (AvgIpc) is 2.54. The average molecular weight is 358 g/mol. The van der Waals surface area contributed by atoms with Gasteiger partial charge in [-0.15, -0.1) is 0 Å². The van der Waals surface area contributed by atoms with Crippen molar-refractivity contribution in [1.82, 2.24) is 0 Å². The van der Waals surface area contributed by atoms with Crippen molar-refractivity contribution in [1.29, 1.82) is 0 Å². The topological polar surface area (TPSA) is 0 Å². The minimum Gasteiger partial charge on any atom is -1.00 e. The molecule has 0 heterocycles. The van der Waals surface area contributed by atoms with Crippen LogP contribution in [0.15, 0.2) is 24.4 Å². The summed E-state index contributed by atoms with van der Waals surface area (Å²) in [4.78, 5) is 0. The van der Waals surface area contributed by atoms with Crippen LogP contribution in [0.3, 0.4) is 0 Å². The fourth-order valence-corrected chi connectivity index (χ4v) is 2.67. The number of hydrogen-bond donors (Lipinski definition) is 0. The number of quaternary nitrogens is 1. The van der Waals surface area contributed by atoms with Crippen LogP contribution in [0, 0.1) is 0 Å². The summed E-state index contributed by atoms with van der Waals surface area (Å²) in [6.45, 7) is 5.66. The Bertz CT molecular complexity index is 294. The summed E-state index contributed by atoms with van der Waals surface area (Å²) in [5, 5.41) is 0. The molecule has 0 radical (unpaired) electrons. The molecule has 0 aliphatic carbocycles. The SMILES string of the molecule is CCCCCCCCCCCCCC/C=C/C=C/[N+](C)(C)CC.[Cl-]. The predicted molar refractivity (Wildman–Crippen MR) is 107 cm³/mol. The Balaban J connectivity index is 0. The van der Waals surface area contributed by atoms with E-state index in [-0.39, 0.29) is 12.4 Å². The number of unbranched alkanes of at least 4 members (excludes halogenated alkanes) is 12. The van der Waals surface area contributed by atoms with Gasteiger partial charge in [-0.25, -0.2) is 0 Å². The van der Waals surface area contributed by atoms with Gasteiger partial charge in [-0.3, -0.25) is 0 Å². The molecule has 0 aromatic heterocycles. The van der Waals surface area contributed by atoms with Crippen molar-refractivity contribution >= 4 is 0 Å². The van der Waals surface area contributed by atoms with E-state index in [1.165, 1.54) is 83.5 Å². The molecule has 0 saturated carbocycles. The van der Waals surface area contributed by atoms with Crippen molar-refractivity contribution in [2.75, 3.05) is 20.6 Å². The van der Waals surface area contributed by atoms with Crippen LogP contribution in [0.4, 0.5) is 0 Å². The fourth-order valence-electron chi connectivity index (χ4n) is 2.67. The molecule has 0 saturated heterocycles. The molecule has 0 atom stereocenters. The Kier molecular flexibility index (Phi) is 20.6. The Hall–Kier alpha value is -0.270. The van der Waals surface area contributed by atoms with Gasteiger partial charge in [0, 0.05) is 0 Å². The molecule has 0 spiro atoms. The third-order valence-electron chi connectivity index (χ3n) is 4.78. The maximum Gasteiger partial charge on any atom is 0.0954 e. The molecule has 0 fully saturated rings. The quantitative estimate of drug-likeness (QED) is 0.220. The zero-order valence-electron chi connectivity index (χ0n) is 17.0. The molecule has 2 heteroatoms. The third kappa shape index (κ3) is 19.8. The summed E-state index contributed by atoms with van der Waals surface area (Å²) in [5.41, 5.74) is 0. The monoisotopic (exact) mass is 357 g/mol. The standard InChI is InChI=1S/C22H44N.ClH/c1-5-7-8-9-10-11-12-13-14-15-16-17-18-19-20-21-22-23(3,4)6-2;/h19-22H,5-18H2,1-4H3;1H/q+1;/p-1/b20-19+,22-21+;. The molecule has 0 rings (SSSR count). The number of allylic oxidation sites excluding steroid dienone is 3.